The average Bonchev–Trinajstić information content (AvgIpc) is 3.47. The zero-order valence-electron chi connectivity index (χ0n) is 19.3. The summed E-state index contributed by atoms with van der Waals surface area (Å²) in [5, 5.41) is 7.00. The lowest BCUT2D eigenvalue weighted by Crippen LogP contribution is -2.56. The summed E-state index contributed by atoms with van der Waals surface area (Å²) in [6.07, 6.45) is 4.84. The number of nitrogens with one attached hydrogen (secondary N) is 1. The van der Waals surface area contributed by atoms with Crippen LogP contribution in [0.1, 0.15) is 62.5 Å². The van der Waals surface area contributed by atoms with Crippen molar-refractivity contribution in [3.8, 4) is 0 Å². The van der Waals surface area contributed by atoms with Crippen molar-refractivity contribution in [3.05, 3.63) is 17.0 Å². The first-order valence-corrected chi connectivity index (χ1v) is 11.8. The van der Waals surface area contributed by atoms with Crippen LogP contribution in [-0.4, -0.2) is 70.7 Å². The fourth-order valence-corrected chi connectivity index (χ4v) is 5.49. The van der Waals surface area contributed by atoms with Crippen LogP contribution < -0.4 is 5.32 Å². The van der Waals surface area contributed by atoms with Gasteiger partial charge in [-0.25, -0.2) is 4.79 Å². The minimum atomic E-state index is -0.874. The number of hydrogen-bond acceptors (Lipinski definition) is 6. The Bertz CT molecular complexity index is 850. The Morgan fingerprint density at radius 3 is 2.56 bits per heavy atom. The van der Waals surface area contributed by atoms with E-state index in [-0.39, 0.29) is 36.3 Å². The first kappa shape index (κ1) is 22.8. The average molecular weight is 447 g/mol. The Kier molecular flexibility index (Phi) is 6.55. The molecule has 0 radical (unpaired) electrons. The lowest BCUT2D eigenvalue weighted by Gasteiger charge is -2.41. The number of nitrogens with zero attached hydrogens (tertiary/aromatic N) is 3. The summed E-state index contributed by atoms with van der Waals surface area (Å²) in [7, 11) is 0. The van der Waals surface area contributed by atoms with Gasteiger partial charge >= 0.3 is 6.03 Å². The number of carbonyl (C=O) groups is 3. The van der Waals surface area contributed by atoms with Crippen molar-refractivity contribution in [2.75, 3.05) is 26.2 Å². The Morgan fingerprint density at radius 2 is 1.97 bits per heavy atom. The lowest BCUT2D eigenvalue weighted by atomic mass is 9.74. The van der Waals surface area contributed by atoms with Crippen LogP contribution in [0.2, 0.25) is 0 Å². The van der Waals surface area contributed by atoms with Crippen LogP contribution in [0.25, 0.3) is 0 Å². The van der Waals surface area contributed by atoms with Crippen LogP contribution in [-0.2, 0) is 20.7 Å². The quantitative estimate of drug-likeness (QED) is 0.645. The molecule has 9 heteroatoms. The minimum Gasteiger partial charge on any atom is -0.376 e. The Balaban J connectivity index is 1.41. The number of urea groups is 1. The van der Waals surface area contributed by atoms with E-state index in [1.807, 2.05) is 25.7 Å². The molecule has 0 saturated carbocycles. The largest absolute Gasteiger partial charge is 0.376 e. The molecule has 3 aliphatic rings. The SMILES string of the molecule is CCC[C@]1(C2CCN(C(=O)Cc3c(C)noc3C)CC2)NC(=O)N(C[C@H]2CCCO2)C1=O. The van der Waals surface area contributed by atoms with Gasteiger partial charge in [-0.05, 0) is 51.9 Å². The van der Waals surface area contributed by atoms with Crippen molar-refractivity contribution < 1.29 is 23.6 Å². The van der Waals surface area contributed by atoms with Crippen molar-refractivity contribution in [1.82, 2.24) is 20.3 Å². The van der Waals surface area contributed by atoms with E-state index in [1.165, 1.54) is 4.90 Å². The third-order valence-electron chi connectivity index (χ3n) is 7.31. The molecule has 32 heavy (non-hydrogen) atoms. The van der Waals surface area contributed by atoms with Crippen LogP contribution in [0.4, 0.5) is 4.79 Å². The number of likely N-dealkylation sites (tertiary alicyclic amines) is 1. The Hall–Kier alpha value is -2.42. The zero-order chi connectivity index (χ0) is 22.9. The molecule has 4 heterocycles. The van der Waals surface area contributed by atoms with E-state index < -0.39 is 5.54 Å². The molecular weight excluding hydrogens is 412 g/mol. The molecule has 4 rings (SSSR count). The molecule has 1 aromatic rings. The standard InChI is InChI=1S/C23H34N4O5/c1-4-9-23(21(29)27(22(30)24-23)14-18-6-5-12-31-18)17-7-10-26(11-8-17)20(28)13-19-15(2)25-32-16(19)3/h17-18H,4-14H2,1-3H3,(H,24,30)/t18-,23-/m1/s1. The molecule has 1 aromatic heterocycles. The second kappa shape index (κ2) is 9.21. The monoisotopic (exact) mass is 446 g/mol. The third-order valence-corrected chi connectivity index (χ3v) is 7.31. The van der Waals surface area contributed by atoms with Crippen molar-refractivity contribution in [2.45, 2.75) is 77.4 Å². The lowest BCUT2D eigenvalue weighted by molar-refractivity contribution is -0.136. The van der Waals surface area contributed by atoms with E-state index in [2.05, 4.69) is 10.5 Å². The molecule has 0 spiro atoms. The third kappa shape index (κ3) is 4.14. The van der Waals surface area contributed by atoms with Gasteiger partial charge in [-0.3, -0.25) is 14.5 Å². The van der Waals surface area contributed by atoms with Crippen molar-refractivity contribution in [3.63, 3.8) is 0 Å². The van der Waals surface area contributed by atoms with E-state index in [0.29, 0.717) is 51.3 Å². The van der Waals surface area contributed by atoms with Crippen molar-refractivity contribution in [1.29, 1.82) is 0 Å². The Labute approximate surface area is 188 Å². The molecule has 0 aromatic carbocycles. The minimum absolute atomic E-state index is 0.0107. The highest BCUT2D eigenvalue weighted by molar-refractivity contribution is 6.07. The van der Waals surface area contributed by atoms with Gasteiger partial charge in [-0.15, -0.1) is 0 Å². The fourth-order valence-electron chi connectivity index (χ4n) is 5.49. The number of amides is 4. The predicted octanol–water partition coefficient (Wildman–Crippen LogP) is 2.34. The first-order chi connectivity index (χ1) is 15.4. The summed E-state index contributed by atoms with van der Waals surface area (Å²) in [6.45, 7) is 7.86. The highest BCUT2D eigenvalue weighted by atomic mass is 16.5. The van der Waals surface area contributed by atoms with E-state index >= 15 is 0 Å². The summed E-state index contributed by atoms with van der Waals surface area (Å²) < 4.78 is 10.8. The van der Waals surface area contributed by atoms with Crippen LogP contribution in [0.15, 0.2) is 4.52 Å². The molecule has 0 bridgehead atoms. The smallest absolute Gasteiger partial charge is 0.325 e. The molecule has 3 aliphatic heterocycles. The predicted molar refractivity (Wildman–Crippen MR) is 116 cm³/mol. The maximum Gasteiger partial charge on any atom is 0.325 e. The molecular formula is C23H34N4O5. The van der Waals surface area contributed by atoms with Gasteiger partial charge in [0.25, 0.3) is 5.91 Å². The van der Waals surface area contributed by atoms with E-state index in [9.17, 15) is 14.4 Å². The first-order valence-electron chi connectivity index (χ1n) is 11.8. The number of imide groups is 1. The van der Waals surface area contributed by atoms with Gasteiger partial charge in [0, 0.05) is 25.3 Å². The van der Waals surface area contributed by atoms with Gasteiger partial charge < -0.3 is 19.5 Å². The summed E-state index contributed by atoms with van der Waals surface area (Å²) in [6, 6.07) is -0.309. The van der Waals surface area contributed by atoms with Crippen LogP contribution in [0, 0.1) is 19.8 Å². The normalized spacial score (nSPS) is 26.8. The molecule has 0 unspecified atom stereocenters. The second-order valence-electron chi connectivity index (χ2n) is 9.34. The van der Waals surface area contributed by atoms with Crippen LogP contribution >= 0.6 is 0 Å². The molecule has 3 saturated heterocycles. The van der Waals surface area contributed by atoms with Gasteiger partial charge in [0.2, 0.25) is 5.91 Å². The van der Waals surface area contributed by atoms with Crippen LogP contribution in [0.5, 0.6) is 0 Å². The molecule has 3 fully saturated rings. The second-order valence-corrected chi connectivity index (χ2v) is 9.34. The molecule has 4 amide bonds. The van der Waals surface area contributed by atoms with E-state index in [4.69, 9.17) is 9.26 Å². The fraction of sp³-hybridized carbons (Fsp3) is 0.739. The number of rotatable bonds is 7. The molecule has 2 atom stereocenters. The Morgan fingerprint density at radius 1 is 1.22 bits per heavy atom. The maximum atomic E-state index is 13.5. The summed E-state index contributed by atoms with van der Waals surface area (Å²) in [5.74, 6) is 0.610. The zero-order valence-corrected chi connectivity index (χ0v) is 19.3. The van der Waals surface area contributed by atoms with E-state index in [1.54, 1.807) is 0 Å². The summed E-state index contributed by atoms with van der Waals surface area (Å²) in [4.78, 5) is 42.4. The number of ether oxygens (including phenoxy) is 1. The topological polar surface area (TPSA) is 105 Å². The maximum absolute atomic E-state index is 13.5. The molecule has 176 valence electrons. The van der Waals surface area contributed by atoms with Gasteiger partial charge in [-0.2, -0.15) is 0 Å². The number of piperidine rings is 1. The summed E-state index contributed by atoms with van der Waals surface area (Å²) >= 11 is 0. The number of hydrogen-bond donors (Lipinski definition) is 1. The van der Waals surface area contributed by atoms with Gasteiger partial charge in [0.1, 0.15) is 11.3 Å². The number of aryl methyl sites for hydroxylation is 2. The molecule has 1 N–H and O–H groups in total. The van der Waals surface area contributed by atoms with Crippen molar-refractivity contribution >= 4 is 17.8 Å². The van der Waals surface area contributed by atoms with Gasteiger partial charge in [0.05, 0.1) is 24.8 Å². The van der Waals surface area contributed by atoms with Gasteiger partial charge in [-0.1, -0.05) is 18.5 Å². The molecule has 9 nitrogen and oxygen atoms in total. The highest BCUT2D eigenvalue weighted by Gasteiger charge is 2.55. The molecule has 0 aliphatic carbocycles. The highest BCUT2D eigenvalue weighted by Crippen LogP contribution is 2.37. The van der Waals surface area contributed by atoms with Crippen molar-refractivity contribution in [2.24, 2.45) is 5.92 Å². The van der Waals surface area contributed by atoms with Crippen LogP contribution in [0.3, 0.4) is 0 Å². The van der Waals surface area contributed by atoms with Gasteiger partial charge in [0.15, 0.2) is 0 Å². The number of aromatic nitrogens is 1. The number of carbonyl (C=O) groups excluding carboxylic acids is 3. The summed E-state index contributed by atoms with van der Waals surface area (Å²) in [5.41, 5.74) is 0.724. The van der Waals surface area contributed by atoms with E-state index in [0.717, 1.165) is 30.5 Å².